The third kappa shape index (κ3) is 4.59. The summed E-state index contributed by atoms with van der Waals surface area (Å²) in [5, 5.41) is 3.35. The number of carbonyl (C=O) groups excluding carboxylic acids is 2. The van der Waals surface area contributed by atoms with E-state index in [0.717, 1.165) is 5.69 Å². The number of rotatable bonds is 5. The molecule has 1 unspecified atom stereocenters. The summed E-state index contributed by atoms with van der Waals surface area (Å²) in [5.41, 5.74) is 6.12. The van der Waals surface area contributed by atoms with Crippen LogP contribution in [0.3, 0.4) is 0 Å². The van der Waals surface area contributed by atoms with E-state index in [4.69, 9.17) is 17.3 Å². The Hall–Kier alpha value is -1.30. The van der Waals surface area contributed by atoms with Crippen molar-refractivity contribution < 1.29 is 9.59 Å². The third-order valence-corrected chi connectivity index (χ3v) is 3.50. The van der Waals surface area contributed by atoms with E-state index in [9.17, 15) is 9.59 Å². The molecule has 0 aliphatic carbocycles. The summed E-state index contributed by atoms with van der Waals surface area (Å²) in [6.45, 7) is 1.06. The third-order valence-electron chi connectivity index (χ3n) is 3.27. The number of hydrogen-bond acceptors (Lipinski definition) is 3. The maximum Gasteiger partial charge on any atom is 0.249 e. The second-order valence-electron chi connectivity index (χ2n) is 4.77. The fourth-order valence-electron chi connectivity index (χ4n) is 2.24. The van der Waals surface area contributed by atoms with Crippen LogP contribution in [0.5, 0.6) is 0 Å². The molecule has 0 bridgehead atoms. The van der Waals surface area contributed by atoms with Crippen molar-refractivity contribution in [1.29, 1.82) is 0 Å². The fraction of sp³-hybridized carbons (Fsp3) is 0.429. The quantitative estimate of drug-likeness (QED) is 0.862. The van der Waals surface area contributed by atoms with Gasteiger partial charge in [0.2, 0.25) is 11.8 Å². The molecular formula is C14H19Cl2N3O2. The molecule has 21 heavy (non-hydrogen) atoms. The van der Waals surface area contributed by atoms with Crippen molar-refractivity contribution in [2.75, 3.05) is 18.0 Å². The van der Waals surface area contributed by atoms with Crippen LogP contribution in [-0.4, -0.2) is 30.9 Å². The Balaban J connectivity index is 0.00000220. The highest BCUT2D eigenvalue weighted by Crippen LogP contribution is 2.24. The average molecular weight is 332 g/mol. The number of carbonyl (C=O) groups is 2. The number of amides is 2. The Kier molecular flexibility index (Phi) is 6.95. The van der Waals surface area contributed by atoms with Gasteiger partial charge in [-0.3, -0.25) is 9.59 Å². The van der Waals surface area contributed by atoms with Crippen molar-refractivity contribution in [3.63, 3.8) is 0 Å². The van der Waals surface area contributed by atoms with Gasteiger partial charge >= 0.3 is 0 Å². The van der Waals surface area contributed by atoms with E-state index >= 15 is 0 Å². The molecule has 1 heterocycles. The van der Waals surface area contributed by atoms with Gasteiger partial charge in [0.1, 0.15) is 6.04 Å². The van der Waals surface area contributed by atoms with Crippen LogP contribution in [0.15, 0.2) is 24.3 Å². The van der Waals surface area contributed by atoms with Gasteiger partial charge in [0.05, 0.1) is 0 Å². The van der Waals surface area contributed by atoms with Gasteiger partial charge in [-0.2, -0.15) is 0 Å². The van der Waals surface area contributed by atoms with Crippen LogP contribution in [0.1, 0.15) is 19.3 Å². The fourth-order valence-corrected chi connectivity index (χ4v) is 2.43. The van der Waals surface area contributed by atoms with Crippen molar-refractivity contribution >= 4 is 41.5 Å². The number of benzene rings is 1. The molecule has 5 nitrogen and oxygen atoms in total. The molecule has 1 aromatic rings. The monoisotopic (exact) mass is 331 g/mol. The van der Waals surface area contributed by atoms with E-state index < -0.39 is 6.04 Å². The summed E-state index contributed by atoms with van der Waals surface area (Å²) >= 11 is 5.93. The molecule has 0 radical (unpaired) electrons. The normalized spacial score (nSPS) is 17.5. The van der Waals surface area contributed by atoms with E-state index in [0.29, 0.717) is 37.4 Å². The van der Waals surface area contributed by atoms with Crippen LogP contribution in [0.4, 0.5) is 5.69 Å². The Labute approximate surface area is 135 Å². The van der Waals surface area contributed by atoms with Crippen LogP contribution in [0, 0.1) is 0 Å². The summed E-state index contributed by atoms with van der Waals surface area (Å²) in [6, 6.07) is 6.70. The van der Waals surface area contributed by atoms with Gasteiger partial charge < -0.3 is 16.0 Å². The maximum absolute atomic E-state index is 12.3. The molecule has 116 valence electrons. The highest BCUT2D eigenvalue weighted by molar-refractivity contribution is 6.31. The lowest BCUT2D eigenvalue weighted by Gasteiger charge is -2.17. The van der Waals surface area contributed by atoms with Crippen molar-refractivity contribution in [2.24, 2.45) is 5.73 Å². The zero-order valence-corrected chi connectivity index (χ0v) is 13.1. The van der Waals surface area contributed by atoms with Crippen LogP contribution in [0.25, 0.3) is 0 Å². The second-order valence-corrected chi connectivity index (χ2v) is 5.21. The molecule has 2 amide bonds. The Morgan fingerprint density at radius 2 is 2.24 bits per heavy atom. The topological polar surface area (TPSA) is 75.4 Å². The first-order chi connectivity index (χ1) is 9.61. The minimum atomic E-state index is -0.445. The zero-order valence-electron chi connectivity index (χ0n) is 11.5. The van der Waals surface area contributed by atoms with Gasteiger partial charge in [-0.1, -0.05) is 17.7 Å². The summed E-state index contributed by atoms with van der Waals surface area (Å²) in [5.74, 6) is -0.213. The molecule has 7 heteroatoms. The molecule has 1 aliphatic rings. The Morgan fingerprint density at radius 1 is 1.48 bits per heavy atom. The van der Waals surface area contributed by atoms with Crippen molar-refractivity contribution in [1.82, 2.24) is 5.32 Å². The number of nitrogens with one attached hydrogen (secondary N) is 1. The van der Waals surface area contributed by atoms with Gasteiger partial charge in [0.15, 0.2) is 0 Å². The van der Waals surface area contributed by atoms with Crippen LogP contribution >= 0.6 is 24.0 Å². The predicted molar refractivity (Wildman–Crippen MR) is 85.9 cm³/mol. The van der Waals surface area contributed by atoms with E-state index in [-0.39, 0.29) is 24.2 Å². The lowest BCUT2D eigenvalue weighted by molar-refractivity contribution is -0.126. The van der Waals surface area contributed by atoms with Gasteiger partial charge in [-0.25, -0.2) is 0 Å². The average Bonchev–Trinajstić information content (AvgIpc) is 2.78. The Bertz CT molecular complexity index is 511. The van der Waals surface area contributed by atoms with E-state index in [1.807, 2.05) is 6.07 Å². The van der Waals surface area contributed by atoms with Crippen molar-refractivity contribution in [2.45, 2.75) is 25.3 Å². The molecule has 2 rings (SSSR count). The molecule has 0 spiro atoms. The molecule has 0 aromatic heterocycles. The Morgan fingerprint density at radius 3 is 2.90 bits per heavy atom. The van der Waals surface area contributed by atoms with Crippen LogP contribution in [0.2, 0.25) is 5.02 Å². The molecule has 1 saturated heterocycles. The molecule has 0 saturated carbocycles. The first-order valence-corrected chi connectivity index (χ1v) is 7.06. The SMILES string of the molecule is Cl.NCCCC(=O)NC1CCN(c2cccc(Cl)c2)C1=O. The second kappa shape index (κ2) is 8.22. The number of hydrogen-bond donors (Lipinski definition) is 2. The summed E-state index contributed by atoms with van der Waals surface area (Å²) in [6.07, 6.45) is 1.60. The van der Waals surface area contributed by atoms with Crippen molar-refractivity contribution in [3.8, 4) is 0 Å². The smallest absolute Gasteiger partial charge is 0.249 e. The van der Waals surface area contributed by atoms with Gasteiger partial charge in [0, 0.05) is 23.7 Å². The van der Waals surface area contributed by atoms with Gasteiger partial charge in [-0.15, -0.1) is 12.4 Å². The number of halogens is 2. The summed E-state index contributed by atoms with van der Waals surface area (Å²) < 4.78 is 0. The largest absolute Gasteiger partial charge is 0.344 e. The summed E-state index contributed by atoms with van der Waals surface area (Å²) in [4.78, 5) is 25.6. The van der Waals surface area contributed by atoms with Gasteiger partial charge in [0.25, 0.3) is 0 Å². The first kappa shape index (κ1) is 17.8. The highest BCUT2D eigenvalue weighted by Gasteiger charge is 2.33. The number of nitrogens with zero attached hydrogens (tertiary/aromatic N) is 1. The summed E-state index contributed by atoms with van der Waals surface area (Å²) in [7, 11) is 0. The first-order valence-electron chi connectivity index (χ1n) is 6.68. The molecule has 1 aliphatic heterocycles. The predicted octanol–water partition coefficient (Wildman–Crippen LogP) is 1.72. The number of anilines is 1. The minimum absolute atomic E-state index is 0. The highest BCUT2D eigenvalue weighted by atomic mass is 35.5. The lowest BCUT2D eigenvalue weighted by Crippen LogP contribution is -2.41. The molecular weight excluding hydrogens is 313 g/mol. The van der Waals surface area contributed by atoms with Crippen molar-refractivity contribution in [3.05, 3.63) is 29.3 Å². The molecule has 1 aromatic carbocycles. The standard InChI is InChI=1S/C14H18ClN3O2.ClH/c15-10-3-1-4-11(9-10)18-8-6-12(14(18)20)17-13(19)5-2-7-16;/h1,3-4,9,12H,2,5-8,16H2,(H,17,19);1H. The minimum Gasteiger partial charge on any atom is -0.344 e. The van der Waals surface area contributed by atoms with E-state index in [2.05, 4.69) is 5.32 Å². The van der Waals surface area contributed by atoms with Gasteiger partial charge in [-0.05, 0) is 37.6 Å². The van der Waals surface area contributed by atoms with Crippen LogP contribution in [-0.2, 0) is 9.59 Å². The van der Waals surface area contributed by atoms with E-state index in [1.165, 1.54) is 0 Å². The van der Waals surface area contributed by atoms with Crippen LogP contribution < -0.4 is 16.0 Å². The maximum atomic E-state index is 12.3. The molecule has 3 N–H and O–H groups in total. The number of nitrogens with two attached hydrogens (primary N) is 1. The lowest BCUT2D eigenvalue weighted by atomic mass is 10.2. The molecule has 1 atom stereocenters. The van der Waals surface area contributed by atoms with E-state index in [1.54, 1.807) is 23.1 Å². The molecule has 1 fully saturated rings. The zero-order chi connectivity index (χ0) is 14.5.